The molecule has 12 heteroatoms. The third kappa shape index (κ3) is 4.11. The van der Waals surface area contributed by atoms with Crippen molar-refractivity contribution in [3.8, 4) is 17.2 Å². The number of hydrogen-bond donors (Lipinski definition) is 6. The Hall–Kier alpha value is -3.39. The van der Waals surface area contributed by atoms with Crippen LogP contribution in [-0.4, -0.2) is 86.7 Å². The van der Waals surface area contributed by atoms with Crippen LogP contribution in [0.3, 0.4) is 0 Å². The number of benzene rings is 2. The van der Waals surface area contributed by atoms with Crippen molar-refractivity contribution in [3.63, 3.8) is 0 Å². The predicted octanol–water partition coefficient (Wildman–Crippen LogP) is 0.00130. The van der Waals surface area contributed by atoms with Gasteiger partial charge in [0.1, 0.15) is 29.5 Å². The first-order chi connectivity index (χ1) is 18.4. The zero-order valence-corrected chi connectivity index (χ0v) is 21.2. The highest BCUT2D eigenvalue weighted by molar-refractivity contribution is 6.31. The number of carbonyl (C=O) groups excluding carboxylic acids is 3. The van der Waals surface area contributed by atoms with Crippen molar-refractivity contribution in [2.75, 3.05) is 13.7 Å². The number of phenolic OH excluding ortho intramolecular Hbond substituents is 2. The van der Waals surface area contributed by atoms with Crippen LogP contribution in [0.5, 0.6) is 17.2 Å². The van der Waals surface area contributed by atoms with Gasteiger partial charge in [-0.05, 0) is 13.0 Å². The summed E-state index contributed by atoms with van der Waals surface area (Å²) < 4.78 is 17.0. The van der Waals surface area contributed by atoms with Crippen LogP contribution in [0.1, 0.15) is 68.8 Å². The Balaban J connectivity index is 1.69. The summed E-state index contributed by atoms with van der Waals surface area (Å²) in [4.78, 5) is 39.7. The molecule has 5 rings (SSSR count). The van der Waals surface area contributed by atoms with E-state index in [1.54, 1.807) is 6.92 Å². The van der Waals surface area contributed by atoms with Crippen LogP contribution < -0.4 is 10.5 Å². The molecule has 1 heterocycles. The van der Waals surface area contributed by atoms with Crippen LogP contribution in [0.25, 0.3) is 0 Å². The number of nitrogens with two attached hydrogens (primary N) is 1. The molecule has 2 aromatic carbocycles. The number of aliphatic hydroxyl groups is 3. The Kier molecular flexibility index (Phi) is 6.74. The molecule has 39 heavy (non-hydrogen) atoms. The minimum absolute atomic E-state index is 0.0173. The molecular formula is C27H29NO11. The molecule has 0 saturated carbocycles. The number of hydrogen-bond acceptors (Lipinski definition) is 12. The second-order valence-electron chi connectivity index (χ2n) is 10.2. The van der Waals surface area contributed by atoms with Crippen molar-refractivity contribution in [2.24, 2.45) is 5.73 Å². The maximum atomic E-state index is 13.6. The number of Topliss-reactive ketones (excluding diaryl/α,β-unsaturated/α-hetero) is 1. The number of carbonyl (C=O) groups is 3. The van der Waals surface area contributed by atoms with Gasteiger partial charge < -0.3 is 45.5 Å². The first-order valence-corrected chi connectivity index (χ1v) is 12.4. The molecule has 1 aliphatic heterocycles. The van der Waals surface area contributed by atoms with E-state index in [0.717, 1.165) is 0 Å². The summed E-state index contributed by atoms with van der Waals surface area (Å²) in [7, 11) is 1.32. The first-order valence-electron chi connectivity index (χ1n) is 12.4. The number of rotatable bonds is 5. The minimum atomic E-state index is -2.24. The third-order valence-corrected chi connectivity index (χ3v) is 7.81. The normalized spacial score (nSPS) is 29.8. The van der Waals surface area contributed by atoms with E-state index in [2.05, 4.69) is 0 Å². The molecule has 7 N–H and O–H groups in total. The fourth-order valence-electron chi connectivity index (χ4n) is 5.75. The van der Waals surface area contributed by atoms with E-state index >= 15 is 0 Å². The average molecular weight is 544 g/mol. The van der Waals surface area contributed by atoms with E-state index in [1.807, 2.05) is 0 Å². The number of phenols is 2. The average Bonchev–Trinajstić information content (AvgIpc) is 2.90. The van der Waals surface area contributed by atoms with E-state index in [0.29, 0.717) is 0 Å². The van der Waals surface area contributed by atoms with Crippen molar-refractivity contribution in [3.05, 3.63) is 51.6 Å². The maximum absolute atomic E-state index is 13.6. The van der Waals surface area contributed by atoms with Gasteiger partial charge >= 0.3 is 0 Å². The monoisotopic (exact) mass is 543 g/mol. The van der Waals surface area contributed by atoms with E-state index in [1.165, 1.54) is 25.3 Å². The van der Waals surface area contributed by atoms with Crippen molar-refractivity contribution in [1.29, 1.82) is 0 Å². The lowest BCUT2D eigenvalue weighted by Crippen LogP contribution is -2.53. The zero-order chi connectivity index (χ0) is 28.4. The summed E-state index contributed by atoms with van der Waals surface area (Å²) in [6, 6.07) is 3.64. The highest BCUT2D eigenvalue weighted by Crippen LogP contribution is 2.52. The lowest BCUT2D eigenvalue weighted by molar-refractivity contribution is -0.247. The van der Waals surface area contributed by atoms with Crippen LogP contribution >= 0.6 is 0 Å². The van der Waals surface area contributed by atoms with Crippen molar-refractivity contribution < 1.29 is 54.1 Å². The van der Waals surface area contributed by atoms with Gasteiger partial charge in [-0.2, -0.15) is 0 Å². The van der Waals surface area contributed by atoms with Crippen molar-refractivity contribution in [2.45, 2.75) is 62.4 Å². The number of aliphatic hydroxyl groups excluding tert-OH is 2. The maximum Gasteiger partial charge on any atom is 0.202 e. The molecular weight excluding hydrogens is 514 g/mol. The summed E-state index contributed by atoms with van der Waals surface area (Å²) in [5.41, 5.74) is 2.37. The third-order valence-electron chi connectivity index (χ3n) is 7.81. The molecule has 2 aliphatic carbocycles. The molecule has 0 bridgehead atoms. The smallest absolute Gasteiger partial charge is 0.202 e. The lowest BCUT2D eigenvalue weighted by atomic mass is 9.72. The zero-order valence-electron chi connectivity index (χ0n) is 21.2. The van der Waals surface area contributed by atoms with Crippen LogP contribution in [0.2, 0.25) is 0 Å². The molecule has 208 valence electrons. The number of ketones is 3. The van der Waals surface area contributed by atoms with Crippen LogP contribution in [0.15, 0.2) is 18.2 Å². The summed E-state index contributed by atoms with van der Waals surface area (Å²) in [6.45, 7) is 0.560. The number of aromatic hydroxyl groups is 2. The van der Waals surface area contributed by atoms with Gasteiger partial charge in [-0.25, -0.2) is 0 Å². The standard InChI is InChI=1S/C27H29NO11/c1-10-22(31)13(28)6-17(38-10)39-15-8-27(36,16(30)9-29)7-12-19(15)26(35)21-20(24(12)33)23(32)11-4-3-5-14(37-2)18(11)25(21)34/h3-5,10,13,15,17,22,29,31,33,35-36H,6-9,28H2,1-2H3/t10-,13+,15-,17-,22-,27-/m1/s1. The molecule has 1 saturated heterocycles. The fourth-order valence-corrected chi connectivity index (χ4v) is 5.75. The molecule has 0 unspecified atom stereocenters. The fraction of sp³-hybridized carbons (Fsp3) is 0.444. The number of fused-ring (bicyclic) bond motifs is 3. The highest BCUT2D eigenvalue weighted by atomic mass is 16.7. The van der Waals surface area contributed by atoms with E-state index in [9.17, 15) is 39.9 Å². The molecule has 0 aromatic heterocycles. The highest BCUT2D eigenvalue weighted by Gasteiger charge is 2.50. The second kappa shape index (κ2) is 9.66. The lowest BCUT2D eigenvalue weighted by Gasteiger charge is -2.42. The van der Waals surface area contributed by atoms with Crippen LogP contribution in [0.4, 0.5) is 0 Å². The van der Waals surface area contributed by atoms with Gasteiger partial charge in [0.25, 0.3) is 0 Å². The van der Waals surface area contributed by atoms with Crippen molar-refractivity contribution in [1.82, 2.24) is 0 Å². The molecule has 12 nitrogen and oxygen atoms in total. The number of methoxy groups -OCH3 is 1. The van der Waals surface area contributed by atoms with E-state index < -0.39 is 95.7 Å². The first kappa shape index (κ1) is 27.2. The molecule has 0 radical (unpaired) electrons. The molecule has 2 aromatic rings. The van der Waals surface area contributed by atoms with Crippen LogP contribution in [-0.2, 0) is 20.7 Å². The Morgan fingerprint density at radius 1 is 1.15 bits per heavy atom. The van der Waals surface area contributed by atoms with Gasteiger partial charge in [0.05, 0.1) is 42.1 Å². The van der Waals surface area contributed by atoms with E-state index in [-0.39, 0.29) is 34.4 Å². The Labute approximate surface area is 222 Å². The minimum Gasteiger partial charge on any atom is -0.507 e. The predicted molar refractivity (Wildman–Crippen MR) is 132 cm³/mol. The molecule has 3 aliphatic rings. The van der Waals surface area contributed by atoms with Crippen molar-refractivity contribution >= 4 is 17.3 Å². The Morgan fingerprint density at radius 3 is 2.49 bits per heavy atom. The largest absolute Gasteiger partial charge is 0.507 e. The Morgan fingerprint density at radius 2 is 1.85 bits per heavy atom. The summed E-state index contributed by atoms with van der Waals surface area (Å²) >= 11 is 0. The van der Waals surface area contributed by atoms with Gasteiger partial charge in [0, 0.05) is 42.0 Å². The van der Waals surface area contributed by atoms with E-state index in [4.69, 9.17) is 19.9 Å². The summed E-state index contributed by atoms with van der Waals surface area (Å²) in [5.74, 6) is -3.77. The SMILES string of the molecule is COc1cccc2c1C(=O)c1c(O)c3c(c(O)c1C2=O)C[C@](O)(C(=O)CO)C[C@H]3O[C@@H]1C[C@H](N)[C@H](O)[C@@H](C)O1. The summed E-state index contributed by atoms with van der Waals surface area (Å²) in [5, 5.41) is 53.7. The summed E-state index contributed by atoms with van der Waals surface area (Å²) in [6.07, 6.45) is -5.12. The van der Waals surface area contributed by atoms with Crippen LogP contribution in [0, 0.1) is 0 Å². The van der Waals surface area contributed by atoms with Gasteiger partial charge in [0.2, 0.25) is 5.78 Å². The van der Waals surface area contributed by atoms with Gasteiger partial charge in [0.15, 0.2) is 17.9 Å². The quantitative estimate of drug-likeness (QED) is 0.235. The Bertz CT molecular complexity index is 1380. The van der Waals surface area contributed by atoms with Gasteiger partial charge in [-0.15, -0.1) is 0 Å². The second-order valence-corrected chi connectivity index (χ2v) is 10.2. The molecule has 0 spiro atoms. The number of ether oxygens (including phenoxy) is 3. The molecule has 6 atom stereocenters. The molecule has 1 fully saturated rings. The van der Waals surface area contributed by atoms with Gasteiger partial charge in [-0.3, -0.25) is 14.4 Å². The molecule has 0 amide bonds. The van der Waals surface area contributed by atoms with Gasteiger partial charge in [-0.1, -0.05) is 12.1 Å². The topological polar surface area (TPSA) is 206 Å².